The molecule has 0 heterocycles. The van der Waals surface area contributed by atoms with Crippen LogP contribution in [0.2, 0.25) is 0 Å². The molecule has 1 N–H and O–H groups in total. The summed E-state index contributed by atoms with van der Waals surface area (Å²) in [5, 5.41) is 10.8. The van der Waals surface area contributed by atoms with Gasteiger partial charge in [0.05, 0.1) is 16.2 Å². The molecular formula is C19H28O4. The number of Topliss-reactive ketones (excluding diaryl/α,β-unsaturated/α-hetero) is 3. The molecule has 0 aromatic carbocycles. The molecule has 0 amide bonds. The number of allylic oxidation sites excluding steroid dienone is 2. The number of hydrogen-bond acceptors (Lipinski definition) is 4. The van der Waals surface area contributed by atoms with Gasteiger partial charge < -0.3 is 5.11 Å². The van der Waals surface area contributed by atoms with Crippen LogP contribution >= 0.6 is 0 Å². The normalized spacial score (nSPS) is 26.3. The molecule has 128 valence electrons. The van der Waals surface area contributed by atoms with Crippen molar-refractivity contribution in [2.75, 3.05) is 0 Å². The Morgan fingerprint density at radius 2 is 1.52 bits per heavy atom. The summed E-state index contributed by atoms with van der Waals surface area (Å²) in [5.74, 6) is -0.835. The molecule has 4 heteroatoms. The van der Waals surface area contributed by atoms with Gasteiger partial charge in [-0.1, -0.05) is 26.2 Å². The molecule has 0 aliphatic heterocycles. The smallest absolute Gasteiger partial charge is 0.176 e. The molecule has 2 aliphatic rings. The maximum absolute atomic E-state index is 13.1. The third-order valence-electron chi connectivity index (χ3n) is 5.80. The lowest BCUT2D eigenvalue weighted by Gasteiger charge is -2.45. The highest BCUT2D eigenvalue weighted by Gasteiger charge is 2.58. The summed E-state index contributed by atoms with van der Waals surface area (Å²) < 4.78 is 0. The minimum atomic E-state index is -1.20. The first-order valence-electron chi connectivity index (χ1n) is 8.60. The molecule has 1 fully saturated rings. The monoisotopic (exact) mass is 320 g/mol. The molecule has 0 atom stereocenters. The summed E-state index contributed by atoms with van der Waals surface area (Å²) in [4.78, 5) is 38.6. The molecule has 0 spiro atoms. The van der Waals surface area contributed by atoms with Crippen molar-refractivity contribution in [2.24, 2.45) is 16.2 Å². The van der Waals surface area contributed by atoms with Crippen LogP contribution in [0.4, 0.5) is 0 Å². The summed E-state index contributed by atoms with van der Waals surface area (Å²) in [5.41, 5.74) is -3.03. The summed E-state index contributed by atoms with van der Waals surface area (Å²) in [6, 6.07) is 0. The summed E-state index contributed by atoms with van der Waals surface area (Å²) in [6.07, 6.45) is 4.27. The molecule has 1 saturated carbocycles. The highest BCUT2D eigenvalue weighted by atomic mass is 16.3. The van der Waals surface area contributed by atoms with Crippen LogP contribution in [0.1, 0.15) is 73.1 Å². The van der Waals surface area contributed by atoms with Gasteiger partial charge in [-0.2, -0.15) is 0 Å². The number of aliphatic hydroxyl groups is 1. The second-order valence-electron chi connectivity index (χ2n) is 8.05. The number of ketones is 3. The van der Waals surface area contributed by atoms with Crippen LogP contribution in [0.15, 0.2) is 11.3 Å². The molecule has 0 aromatic heterocycles. The van der Waals surface area contributed by atoms with Crippen LogP contribution in [-0.2, 0) is 14.4 Å². The predicted molar refractivity (Wildman–Crippen MR) is 88.0 cm³/mol. The van der Waals surface area contributed by atoms with Gasteiger partial charge in [0, 0.05) is 12.0 Å². The molecule has 2 aliphatic carbocycles. The largest absolute Gasteiger partial charge is 0.511 e. The van der Waals surface area contributed by atoms with E-state index in [1.165, 1.54) is 0 Å². The van der Waals surface area contributed by atoms with Crippen molar-refractivity contribution < 1.29 is 19.5 Å². The van der Waals surface area contributed by atoms with E-state index in [9.17, 15) is 19.5 Å². The van der Waals surface area contributed by atoms with Crippen molar-refractivity contribution >= 4 is 17.3 Å². The SMILES string of the molecule is CCC(=O)C1(C2=C(O)C(C)(C)C(=O)C(C)(C)C2=O)CCCCC1. The van der Waals surface area contributed by atoms with E-state index in [4.69, 9.17) is 0 Å². The Morgan fingerprint density at radius 3 is 2.00 bits per heavy atom. The lowest BCUT2D eigenvalue weighted by molar-refractivity contribution is -0.147. The minimum absolute atomic E-state index is 0.00745. The Balaban J connectivity index is 2.75. The van der Waals surface area contributed by atoms with Gasteiger partial charge in [-0.15, -0.1) is 0 Å². The van der Waals surface area contributed by atoms with E-state index in [0.717, 1.165) is 19.3 Å². The number of aliphatic hydroxyl groups excluding tert-OH is 1. The highest BCUT2D eigenvalue weighted by molar-refractivity contribution is 6.21. The topological polar surface area (TPSA) is 71.4 Å². The zero-order valence-electron chi connectivity index (χ0n) is 14.9. The maximum Gasteiger partial charge on any atom is 0.176 e. The van der Waals surface area contributed by atoms with E-state index in [-0.39, 0.29) is 28.7 Å². The van der Waals surface area contributed by atoms with Gasteiger partial charge in [0.25, 0.3) is 0 Å². The van der Waals surface area contributed by atoms with Crippen molar-refractivity contribution in [1.29, 1.82) is 0 Å². The van der Waals surface area contributed by atoms with E-state index in [0.29, 0.717) is 19.3 Å². The Bertz CT molecular complexity index is 586. The highest BCUT2D eigenvalue weighted by Crippen LogP contribution is 2.53. The second kappa shape index (κ2) is 5.57. The third kappa shape index (κ3) is 2.38. The van der Waals surface area contributed by atoms with E-state index < -0.39 is 16.2 Å². The Labute approximate surface area is 138 Å². The molecule has 0 aromatic rings. The lowest BCUT2D eigenvalue weighted by atomic mass is 9.55. The lowest BCUT2D eigenvalue weighted by Crippen LogP contribution is -2.53. The van der Waals surface area contributed by atoms with E-state index in [2.05, 4.69) is 0 Å². The van der Waals surface area contributed by atoms with Crippen LogP contribution in [0.5, 0.6) is 0 Å². The summed E-state index contributed by atoms with van der Waals surface area (Å²) in [6.45, 7) is 8.31. The molecule has 2 rings (SSSR count). The number of carbonyl (C=O) groups is 3. The Kier molecular flexibility index (Phi) is 4.33. The number of carbonyl (C=O) groups excluding carboxylic acids is 3. The van der Waals surface area contributed by atoms with Crippen molar-refractivity contribution in [3.8, 4) is 0 Å². The van der Waals surface area contributed by atoms with E-state index in [1.54, 1.807) is 34.6 Å². The molecule has 0 radical (unpaired) electrons. The van der Waals surface area contributed by atoms with Crippen LogP contribution in [0.3, 0.4) is 0 Å². The zero-order chi connectivity index (χ0) is 17.6. The van der Waals surface area contributed by atoms with Gasteiger partial charge in [0.2, 0.25) is 0 Å². The maximum atomic E-state index is 13.1. The van der Waals surface area contributed by atoms with Gasteiger partial charge in [-0.3, -0.25) is 14.4 Å². The molecule has 0 bridgehead atoms. The van der Waals surface area contributed by atoms with Crippen LogP contribution in [-0.4, -0.2) is 22.5 Å². The van der Waals surface area contributed by atoms with Gasteiger partial charge in [0.1, 0.15) is 11.5 Å². The second-order valence-corrected chi connectivity index (χ2v) is 8.05. The Morgan fingerprint density at radius 1 is 1.00 bits per heavy atom. The van der Waals surface area contributed by atoms with Crippen molar-refractivity contribution in [2.45, 2.75) is 73.1 Å². The number of rotatable bonds is 3. The van der Waals surface area contributed by atoms with Gasteiger partial charge in [-0.25, -0.2) is 0 Å². The average Bonchev–Trinajstić information content (AvgIpc) is 2.52. The predicted octanol–water partition coefficient (Wildman–Crippen LogP) is 3.93. The first-order valence-corrected chi connectivity index (χ1v) is 8.60. The van der Waals surface area contributed by atoms with Crippen molar-refractivity contribution in [3.63, 3.8) is 0 Å². The van der Waals surface area contributed by atoms with Crippen LogP contribution in [0, 0.1) is 16.2 Å². The van der Waals surface area contributed by atoms with Crippen LogP contribution in [0.25, 0.3) is 0 Å². The fourth-order valence-corrected chi connectivity index (χ4v) is 4.33. The third-order valence-corrected chi connectivity index (χ3v) is 5.80. The summed E-state index contributed by atoms with van der Waals surface area (Å²) >= 11 is 0. The number of hydrogen-bond donors (Lipinski definition) is 1. The first-order chi connectivity index (χ1) is 10.5. The fourth-order valence-electron chi connectivity index (χ4n) is 4.33. The molecular weight excluding hydrogens is 292 g/mol. The Hall–Kier alpha value is -1.45. The average molecular weight is 320 g/mol. The van der Waals surface area contributed by atoms with Gasteiger partial charge in [0.15, 0.2) is 11.6 Å². The fraction of sp³-hybridized carbons (Fsp3) is 0.737. The van der Waals surface area contributed by atoms with E-state index >= 15 is 0 Å². The zero-order valence-corrected chi connectivity index (χ0v) is 14.9. The van der Waals surface area contributed by atoms with Crippen molar-refractivity contribution in [3.05, 3.63) is 11.3 Å². The van der Waals surface area contributed by atoms with Gasteiger partial charge >= 0.3 is 0 Å². The van der Waals surface area contributed by atoms with Crippen LogP contribution < -0.4 is 0 Å². The standard InChI is InChI=1S/C19H28O4/c1-6-12(20)19(10-8-7-9-11-19)13-14(21)17(2,3)16(23)18(4,5)15(13)22/h21H,6-11H2,1-5H3. The molecule has 0 unspecified atom stereocenters. The van der Waals surface area contributed by atoms with Gasteiger partial charge in [-0.05, 0) is 40.5 Å². The molecule has 23 heavy (non-hydrogen) atoms. The van der Waals surface area contributed by atoms with E-state index in [1.807, 2.05) is 0 Å². The molecule has 0 saturated heterocycles. The minimum Gasteiger partial charge on any atom is -0.511 e. The quantitative estimate of drug-likeness (QED) is 0.800. The first kappa shape index (κ1) is 17.9. The molecule has 4 nitrogen and oxygen atoms in total. The summed E-state index contributed by atoms with van der Waals surface area (Å²) in [7, 11) is 0. The van der Waals surface area contributed by atoms with Crippen molar-refractivity contribution in [1.82, 2.24) is 0 Å².